The van der Waals surface area contributed by atoms with Crippen molar-refractivity contribution >= 4 is 56.3 Å². The zero-order valence-corrected chi connectivity index (χ0v) is 5.90. The maximum Gasteiger partial charge on any atom is 0.271 e. The van der Waals surface area contributed by atoms with E-state index in [0.717, 1.165) is 11.4 Å². The molecule has 0 aliphatic rings. The molecule has 4 heteroatoms. The largest absolute Gasteiger partial charge is 0.365 e. The zero-order chi connectivity index (χ0) is 4.99. The summed E-state index contributed by atoms with van der Waals surface area (Å²) in [5.74, 6) is 0. The highest BCUT2D eigenvalue weighted by Crippen LogP contribution is 1.63. The lowest BCUT2D eigenvalue weighted by molar-refractivity contribution is 4.15. The molecule has 0 aromatic carbocycles. The van der Waals surface area contributed by atoms with Crippen molar-refractivity contribution in [2.75, 3.05) is 0 Å². The van der Waals surface area contributed by atoms with E-state index >= 15 is 0 Å². The molecule has 0 aromatic heterocycles. The standard InChI is InChI=1S/C2S4/c3-1-6-2(4)5. The van der Waals surface area contributed by atoms with Crippen LogP contribution in [0.15, 0.2) is 0 Å². The van der Waals surface area contributed by atoms with Gasteiger partial charge >= 0.3 is 0 Å². The predicted molar refractivity (Wildman–Crippen MR) is 39.9 cm³/mol. The molecule has 0 aliphatic heterocycles. The van der Waals surface area contributed by atoms with E-state index in [9.17, 15) is 0 Å². The highest BCUT2D eigenvalue weighted by Gasteiger charge is 1.77. The number of rotatable bonds is 0. The lowest BCUT2D eigenvalue weighted by Crippen LogP contribution is -1.77. The van der Waals surface area contributed by atoms with Crippen LogP contribution < -0.4 is 0 Å². The summed E-state index contributed by atoms with van der Waals surface area (Å²) in [4.78, 5) is 0. The van der Waals surface area contributed by atoms with Crippen LogP contribution >= 0.6 is 24.4 Å². The monoisotopic (exact) mass is 152 g/mol. The normalized spacial score (nSPS) is 6.00. The summed E-state index contributed by atoms with van der Waals surface area (Å²) in [6.07, 6.45) is 0. The lowest BCUT2D eigenvalue weighted by Gasteiger charge is -1.64. The molecule has 0 saturated heterocycles. The van der Waals surface area contributed by atoms with Crippen LogP contribution in [0.5, 0.6) is 0 Å². The van der Waals surface area contributed by atoms with Crippen molar-refractivity contribution in [3.05, 3.63) is 0 Å². The average Bonchev–Trinajstić information content (AvgIpc) is 1.35. The third kappa shape index (κ3) is 4.53. The summed E-state index contributed by atoms with van der Waals surface area (Å²) < 4.78 is 2.73. The molecule has 0 fully saturated rings. The van der Waals surface area contributed by atoms with Crippen molar-refractivity contribution in [3.63, 3.8) is 0 Å². The Balaban J connectivity index is 3.60. The summed E-state index contributed by atoms with van der Waals surface area (Å²) in [6, 6.07) is 0. The third-order valence-corrected chi connectivity index (χ3v) is 1.12. The molecule has 0 unspecified atom stereocenters. The Labute approximate surface area is 56.3 Å². The molecule has 0 rings (SSSR count). The van der Waals surface area contributed by atoms with E-state index in [4.69, 9.17) is 0 Å². The second-order valence-corrected chi connectivity index (χ2v) is 3.31. The van der Waals surface area contributed by atoms with Gasteiger partial charge in [0.15, 0.2) is 3.53 Å². The Bertz CT molecular complexity index is 98.1. The maximum atomic E-state index is 4.44. The van der Waals surface area contributed by atoms with Gasteiger partial charge in [-0.05, 0) is 0 Å². The molecule has 6 heavy (non-hydrogen) atoms. The molecule has 0 amide bonds. The molecule has 0 aliphatic carbocycles. The Morgan fingerprint density at radius 2 is 2.33 bits per heavy atom. The number of thiocarbonyl (C=S) groups is 2. The fourth-order valence-corrected chi connectivity index (χ4v) is 0.919. The van der Waals surface area contributed by atoms with Crippen molar-refractivity contribution < 1.29 is 0 Å². The molecule has 0 nitrogen and oxygen atoms in total. The SMILES string of the molecule is S=C=[S+]C(=S)[S-]. The van der Waals surface area contributed by atoms with E-state index in [0.29, 0.717) is 3.53 Å². The second kappa shape index (κ2) is 3.71. The fourth-order valence-electron chi connectivity index (χ4n) is 0.0340. The van der Waals surface area contributed by atoms with E-state index in [1.165, 1.54) is 0 Å². The first-order valence-corrected chi connectivity index (χ1v) is 3.06. The number of hydrogen-bond donors (Lipinski definition) is 0. The van der Waals surface area contributed by atoms with E-state index in [1.807, 2.05) is 0 Å². The molecule has 0 atom stereocenters. The van der Waals surface area contributed by atoms with Gasteiger partial charge in [0.1, 0.15) is 0 Å². The van der Waals surface area contributed by atoms with Gasteiger partial charge in [-0.2, -0.15) is 0 Å². The molecular formula is C2S4. The topological polar surface area (TPSA) is 0 Å². The smallest absolute Gasteiger partial charge is 0.271 e. The minimum absolute atomic E-state index is 0.407. The van der Waals surface area contributed by atoms with Crippen molar-refractivity contribution in [1.82, 2.24) is 0 Å². The Morgan fingerprint density at radius 3 is 2.33 bits per heavy atom. The van der Waals surface area contributed by atoms with Crippen LogP contribution in [0.25, 0.3) is 0 Å². The molecule has 0 aromatic rings. The molecule has 0 radical (unpaired) electrons. The molecule has 0 N–H and O–H groups in total. The molecule has 0 saturated carbocycles. The van der Waals surface area contributed by atoms with E-state index in [1.54, 1.807) is 0 Å². The highest BCUT2D eigenvalue weighted by molar-refractivity contribution is 8.27. The Morgan fingerprint density at radius 1 is 1.83 bits per heavy atom. The van der Waals surface area contributed by atoms with Gasteiger partial charge in [0, 0.05) is 12.2 Å². The number of hydrogen-bond acceptors (Lipinski definition) is 3. The first-order valence-electron chi connectivity index (χ1n) is 1.02. The van der Waals surface area contributed by atoms with Crippen molar-refractivity contribution in [1.29, 1.82) is 0 Å². The van der Waals surface area contributed by atoms with Gasteiger partial charge in [-0.3, -0.25) is 0 Å². The molecule has 0 heterocycles. The Kier molecular flexibility index (Phi) is 4.04. The first kappa shape index (κ1) is 6.53. The summed E-state index contributed by atoms with van der Waals surface area (Å²) in [5, 5.41) is 0. The first-order chi connectivity index (χ1) is 2.77. The summed E-state index contributed by atoms with van der Waals surface area (Å²) in [7, 11) is 0. The van der Waals surface area contributed by atoms with Gasteiger partial charge in [-0.1, -0.05) is 0 Å². The maximum absolute atomic E-state index is 4.44. The highest BCUT2D eigenvalue weighted by atomic mass is 32.2. The van der Waals surface area contributed by atoms with E-state index in [-0.39, 0.29) is 0 Å². The van der Waals surface area contributed by atoms with E-state index < -0.39 is 0 Å². The van der Waals surface area contributed by atoms with Crippen LogP contribution in [0.1, 0.15) is 0 Å². The van der Waals surface area contributed by atoms with Crippen molar-refractivity contribution in [2.45, 2.75) is 0 Å². The van der Waals surface area contributed by atoms with Gasteiger partial charge in [0.2, 0.25) is 0 Å². The third-order valence-electron chi connectivity index (χ3n) is 0.125. The Hall–Kier alpha value is 0.530. The van der Waals surface area contributed by atoms with Gasteiger partial charge < -0.3 is 24.8 Å². The van der Waals surface area contributed by atoms with Crippen LogP contribution in [0, 0.1) is 0 Å². The average molecular weight is 152 g/mol. The lowest BCUT2D eigenvalue weighted by atomic mass is 11.9. The summed E-state index contributed by atoms with van der Waals surface area (Å²) in [6.45, 7) is 0. The molecule has 0 spiro atoms. The quantitative estimate of drug-likeness (QED) is 0.285. The second-order valence-electron chi connectivity index (χ2n) is 0.435. The van der Waals surface area contributed by atoms with E-state index in [2.05, 4.69) is 41.4 Å². The minimum Gasteiger partial charge on any atom is -0.365 e. The van der Waals surface area contributed by atoms with Crippen molar-refractivity contribution in [3.8, 4) is 0 Å². The summed E-state index contributed by atoms with van der Waals surface area (Å²) in [5.41, 5.74) is 0. The fraction of sp³-hybridized carbons (Fsp3) is 0. The van der Waals surface area contributed by atoms with Crippen LogP contribution in [0.2, 0.25) is 0 Å². The van der Waals surface area contributed by atoms with Crippen molar-refractivity contribution in [2.24, 2.45) is 0 Å². The summed E-state index contributed by atoms with van der Waals surface area (Å²) >= 11 is 14.3. The van der Waals surface area contributed by atoms with Gasteiger partial charge in [-0.25, -0.2) is 0 Å². The van der Waals surface area contributed by atoms with Crippen LogP contribution in [-0.2, 0) is 24.0 Å². The van der Waals surface area contributed by atoms with Gasteiger partial charge in [-0.15, -0.1) is 0 Å². The van der Waals surface area contributed by atoms with Gasteiger partial charge in [0.25, 0.3) is 15.7 Å². The van der Waals surface area contributed by atoms with Crippen LogP contribution in [0.3, 0.4) is 0 Å². The molecular weight excluding hydrogens is 152 g/mol. The van der Waals surface area contributed by atoms with Crippen LogP contribution in [-0.4, -0.2) is 7.84 Å². The minimum atomic E-state index is 0.407. The predicted octanol–water partition coefficient (Wildman–Crippen LogP) is 0.735. The molecule has 32 valence electrons. The van der Waals surface area contributed by atoms with Crippen LogP contribution in [0.4, 0.5) is 0 Å². The molecule has 0 bridgehead atoms. The zero-order valence-electron chi connectivity index (χ0n) is 2.63. The van der Waals surface area contributed by atoms with Gasteiger partial charge in [0.05, 0.1) is 0 Å².